The number of hydrogen-bond donors (Lipinski definition) is 1. The normalized spacial score (nSPS) is 11.3. The van der Waals surface area contributed by atoms with E-state index < -0.39 is 10.0 Å². The summed E-state index contributed by atoms with van der Waals surface area (Å²) >= 11 is 0. The number of amides is 1. The van der Waals surface area contributed by atoms with Crippen LogP contribution in [0.15, 0.2) is 53.4 Å². The molecule has 6 heteroatoms. The molecule has 134 valence electrons. The summed E-state index contributed by atoms with van der Waals surface area (Å²) in [4.78, 5) is 14.2. The molecule has 25 heavy (non-hydrogen) atoms. The van der Waals surface area contributed by atoms with E-state index in [0.717, 1.165) is 16.7 Å². The Labute approximate surface area is 149 Å². The second kappa shape index (κ2) is 8.27. The molecule has 0 spiro atoms. The summed E-state index contributed by atoms with van der Waals surface area (Å²) in [7, 11) is -3.71. The molecule has 0 aliphatic heterocycles. The van der Waals surface area contributed by atoms with E-state index in [1.807, 2.05) is 51.1 Å². The molecule has 2 aromatic carbocycles. The molecule has 2 aromatic rings. The number of carbonyl (C=O) groups is 1. The van der Waals surface area contributed by atoms with Gasteiger partial charge in [0.25, 0.3) is 0 Å². The summed E-state index contributed by atoms with van der Waals surface area (Å²) in [6.45, 7) is 6.37. The van der Waals surface area contributed by atoms with Crippen LogP contribution in [-0.2, 0) is 21.4 Å². The SMILES string of the molecule is CCN(Cc1ccccc1)C(=O)CNS(=O)(=O)c1ccc(C)c(C)c1. The van der Waals surface area contributed by atoms with Crippen LogP contribution in [0.1, 0.15) is 23.6 Å². The van der Waals surface area contributed by atoms with Gasteiger partial charge < -0.3 is 4.90 Å². The average molecular weight is 360 g/mol. The van der Waals surface area contributed by atoms with Crippen molar-refractivity contribution in [3.8, 4) is 0 Å². The van der Waals surface area contributed by atoms with Gasteiger partial charge in [0.15, 0.2) is 0 Å². The number of nitrogens with one attached hydrogen (secondary N) is 1. The quantitative estimate of drug-likeness (QED) is 0.825. The highest BCUT2D eigenvalue weighted by Gasteiger charge is 2.18. The molecule has 5 nitrogen and oxygen atoms in total. The lowest BCUT2D eigenvalue weighted by atomic mass is 10.1. The third-order valence-corrected chi connectivity index (χ3v) is 5.55. The zero-order chi connectivity index (χ0) is 18.4. The standard InChI is InChI=1S/C19H24N2O3S/c1-4-21(14-17-8-6-5-7-9-17)19(22)13-20-25(23,24)18-11-10-15(2)16(3)12-18/h5-12,20H,4,13-14H2,1-3H3. The summed E-state index contributed by atoms with van der Waals surface area (Å²) in [5.74, 6) is -0.251. The van der Waals surface area contributed by atoms with Gasteiger partial charge in [-0.25, -0.2) is 13.1 Å². The highest BCUT2D eigenvalue weighted by molar-refractivity contribution is 7.89. The van der Waals surface area contributed by atoms with Gasteiger partial charge in [-0.05, 0) is 49.6 Å². The van der Waals surface area contributed by atoms with Crippen molar-refractivity contribution in [1.82, 2.24) is 9.62 Å². The zero-order valence-electron chi connectivity index (χ0n) is 14.8. The Morgan fingerprint density at radius 3 is 2.32 bits per heavy atom. The zero-order valence-corrected chi connectivity index (χ0v) is 15.6. The lowest BCUT2D eigenvalue weighted by Gasteiger charge is -2.21. The summed E-state index contributed by atoms with van der Waals surface area (Å²) in [5, 5.41) is 0. The number of sulfonamides is 1. The second-order valence-electron chi connectivity index (χ2n) is 5.96. The molecule has 2 rings (SSSR count). The van der Waals surface area contributed by atoms with Crippen LogP contribution in [0.3, 0.4) is 0 Å². The minimum absolute atomic E-state index is 0.175. The van der Waals surface area contributed by atoms with Crippen LogP contribution in [0.25, 0.3) is 0 Å². The molecule has 0 aliphatic rings. The molecule has 0 radical (unpaired) electrons. The van der Waals surface area contributed by atoms with E-state index in [2.05, 4.69) is 4.72 Å². The molecule has 0 aliphatic carbocycles. The molecule has 0 fully saturated rings. The van der Waals surface area contributed by atoms with Gasteiger partial charge in [0, 0.05) is 13.1 Å². The third kappa shape index (κ3) is 5.14. The fraction of sp³-hybridized carbons (Fsp3) is 0.316. The van der Waals surface area contributed by atoms with E-state index in [-0.39, 0.29) is 17.3 Å². The molecule has 1 amide bonds. The topological polar surface area (TPSA) is 66.5 Å². The molecule has 0 atom stereocenters. The van der Waals surface area contributed by atoms with Crippen LogP contribution in [0.4, 0.5) is 0 Å². The number of nitrogens with zero attached hydrogens (tertiary/aromatic N) is 1. The van der Waals surface area contributed by atoms with Crippen LogP contribution >= 0.6 is 0 Å². The summed E-state index contributed by atoms with van der Waals surface area (Å²) in [5.41, 5.74) is 2.93. The van der Waals surface area contributed by atoms with Gasteiger partial charge in [0.05, 0.1) is 11.4 Å². The van der Waals surface area contributed by atoms with Crippen LogP contribution < -0.4 is 4.72 Å². The van der Waals surface area contributed by atoms with Crippen molar-refractivity contribution >= 4 is 15.9 Å². The first-order valence-corrected chi connectivity index (χ1v) is 9.70. The van der Waals surface area contributed by atoms with Crippen molar-refractivity contribution in [3.05, 3.63) is 65.2 Å². The van der Waals surface area contributed by atoms with Crippen molar-refractivity contribution in [2.75, 3.05) is 13.1 Å². The van der Waals surface area contributed by atoms with Crippen molar-refractivity contribution in [1.29, 1.82) is 0 Å². The third-order valence-electron chi connectivity index (χ3n) is 4.15. The Bertz CT molecular complexity index is 833. The Kier molecular flexibility index (Phi) is 6.33. The maximum Gasteiger partial charge on any atom is 0.241 e. The number of likely N-dealkylation sites (N-methyl/N-ethyl adjacent to an activating group) is 1. The van der Waals surface area contributed by atoms with Gasteiger partial charge in [-0.15, -0.1) is 0 Å². The van der Waals surface area contributed by atoms with Crippen molar-refractivity contribution in [2.24, 2.45) is 0 Å². The van der Waals surface area contributed by atoms with Gasteiger partial charge in [0.2, 0.25) is 15.9 Å². The Balaban J connectivity index is 2.02. The molecular weight excluding hydrogens is 336 g/mol. The van der Waals surface area contributed by atoms with Crippen molar-refractivity contribution in [2.45, 2.75) is 32.2 Å². The van der Waals surface area contributed by atoms with E-state index >= 15 is 0 Å². The number of rotatable bonds is 7. The molecule has 0 bridgehead atoms. The predicted octanol–water partition coefficient (Wildman–Crippen LogP) is 2.63. The largest absolute Gasteiger partial charge is 0.338 e. The first-order valence-electron chi connectivity index (χ1n) is 8.22. The maximum absolute atomic E-state index is 12.4. The van der Waals surface area contributed by atoms with Gasteiger partial charge in [-0.2, -0.15) is 0 Å². The fourth-order valence-electron chi connectivity index (χ4n) is 2.41. The van der Waals surface area contributed by atoms with E-state index in [1.54, 1.807) is 23.1 Å². The smallest absolute Gasteiger partial charge is 0.241 e. The predicted molar refractivity (Wildman–Crippen MR) is 98.6 cm³/mol. The van der Waals surface area contributed by atoms with Crippen LogP contribution in [0.2, 0.25) is 0 Å². The minimum atomic E-state index is -3.71. The summed E-state index contributed by atoms with van der Waals surface area (Å²) in [6, 6.07) is 14.6. The number of aryl methyl sites for hydroxylation is 2. The molecule has 0 saturated heterocycles. The lowest BCUT2D eigenvalue weighted by molar-refractivity contribution is -0.130. The summed E-state index contributed by atoms with van der Waals surface area (Å²) < 4.78 is 27.2. The number of carbonyl (C=O) groups excluding carboxylic acids is 1. The Morgan fingerprint density at radius 2 is 1.72 bits per heavy atom. The average Bonchev–Trinajstić information content (AvgIpc) is 2.60. The van der Waals surface area contributed by atoms with Gasteiger partial charge >= 0.3 is 0 Å². The first kappa shape index (κ1) is 19.1. The Hall–Kier alpha value is -2.18. The van der Waals surface area contributed by atoms with Crippen LogP contribution in [0, 0.1) is 13.8 Å². The van der Waals surface area contributed by atoms with E-state index in [1.165, 1.54) is 0 Å². The maximum atomic E-state index is 12.4. The second-order valence-corrected chi connectivity index (χ2v) is 7.73. The van der Waals surface area contributed by atoms with Gasteiger partial charge in [-0.1, -0.05) is 36.4 Å². The first-order chi connectivity index (χ1) is 11.8. The van der Waals surface area contributed by atoms with E-state index in [9.17, 15) is 13.2 Å². The number of benzene rings is 2. The Morgan fingerprint density at radius 1 is 1.04 bits per heavy atom. The van der Waals surface area contributed by atoms with Gasteiger partial charge in [-0.3, -0.25) is 4.79 Å². The van der Waals surface area contributed by atoms with Gasteiger partial charge in [0.1, 0.15) is 0 Å². The highest BCUT2D eigenvalue weighted by Crippen LogP contribution is 2.14. The van der Waals surface area contributed by atoms with E-state index in [4.69, 9.17) is 0 Å². The van der Waals surface area contributed by atoms with Crippen molar-refractivity contribution in [3.63, 3.8) is 0 Å². The molecule has 0 saturated carbocycles. The fourth-order valence-corrected chi connectivity index (χ4v) is 3.47. The summed E-state index contributed by atoms with van der Waals surface area (Å²) in [6.07, 6.45) is 0. The lowest BCUT2D eigenvalue weighted by Crippen LogP contribution is -2.39. The number of hydrogen-bond acceptors (Lipinski definition) is 3. The molecule has 0 unspecified atom stereocenters. The van der Waals surface area contributed by atoms with Crippen molar-refractivity contribution < 1.29 is 13.2 Å². The monoisotopic (exact) mass is 360 g/mol. The molecule has 0 aromatic heterocycles. The van der Waals surface area contributed by atoms with Crippen LogP contribution in [-0.4, -0.2) is 32.3 Å². The minimum Gasteiger partial charge on any atom is -0.338 e. The van der Waals surface area contributed by atoms with Crippen LogP contribution in [0.5, 0.6) is 0 Å². The molecule has 0 heterocycles. The molecular formula is C19H24N2O3S. The highest BCUT2D eigenvalue weighted by atomic mass is 32.2. The van der Waals surface area contributed by atoms with E-state index in [0.29, 0.717) is 13.1 Å². The molecule has 1 N–H and O–H groups in total.